The summed E-state index contributed by atoms with van der Waals surface area (Å²) < 4.78 is 26.1. The smallest absolute Gasteiger partial charge is 0.233 e. The molecular formula is C13H17BrN2O3S. The minimum Gasteiger partial charge on any atom is -0.339 e. The zero-order chi connectivity index (χ0) is 14.6. The van der Waals surface area contributed by atoms with Gasteiger partial charge in [-0.1, -0.05) is 46.3 Å². The van der Waals surface area contributed by atoms with E-state index in [1.165, 1.54) is 4.31 Å². The monoisotopic (exact) mass is 360 g/mol. The number of piperazine rings is 1. The molecular weight excluding hydrogens is 344 g/mol. The average Bonchev–Trinajstić information content (AvgIpc) is 2.47. The highest BCUT2D eigenvalue weighted by Crippen LogP contribution is 2.13. The molecule has 0 spiro atoms. The molecule has 1 aliphatic heterocycles. The van der Waals surface area contributed by atoms with Gasteiger partial charge in [0.25, 0.3) is 0 Å². The maximum absolute atomic E-state index is 12.3. The van der Waals surface area contributed by atoms with Crippen LogP contribution in [0.15, 0.2) is 30.3 Å². The van der Waals surface area contributed by atoms with Gasteiger partial charge in [-0.25, -0.2) is 8.42 Å². The van der Waals surface area contributed by atoms with E-state index in [4.69, 9.17) is 0 Å². The molecule has 1 aromatic rings. The van der Waals surface area contributed by atoms with Crippen molar-refractivity contribution in [3.63, 3.8) is 0 Å². The molecule has 0 aromatic heterocycles. The van der Waals surface area contributed by atoms with Crippen LogP contribution in [0.2, 0.25) is 0 Å². The molecule has 1 fully saturated rings. The molecule has 1 aliphatic rings. The van der Waals surface area contributed by atoms with Crippen LogP contribution in [0, 0.1) is 0 Å². The highest BCUT2D eigenvalue weighted by molar-refractivity contribution is 9.09. The Bertz CT molecular complexity index is 554. The number of amides is 1. The number of carbonyl (C=O) groups excluding carboxylic acids is 1. The van der Waals surface area contributed by atoms with Crippen LogP contribution in [0.4, 0.5) is 0 Å². The van der Waals surface area contributed by atoms with Crippen LogP contribution in [-0.2, 0) is 20.6 Å². The molecule has 20 heavy (non-hydrogen) atoms. The first-order valence-corrected chi connectivity index (χ1v) is 9.11. The Labute approximate surface area is 127 Å². The zero-order valence-corrected chi connectivity index (χ0v) is 13.4. The number of carbonyl (C=O) groups is 1. The van der Waals surface area contributed by atoms with Crippen LogP contribution in [0.5, 0.6) is 0 Å². The van der Waals surface area contributed by atoms with E-state index in [1.807, 2.05) is 30.3 Å². The van der Waals surface area contributed by atoms with Gasteiger partial charge < -0.3 is 4.90 Å². The number of sulfonamides is 1. The molecule has 1 saturated heterocycles. The van der Waals surface area contributed by atoms with Gasteiger partial charge in [-0.2, -0.15) is 4.31 Å². The van der Waals surface area contributed by atoms with Gasteiger partial charge in [0, 0.05) is 26.2 Å². The predicted molar refractivity (Wildman–Crippen MR) is 81.0 cm³/mol. The van der Waals surface area contributed by atoms with Crippen LogP contribution < -0.4 is 0 Å². The minimum atomic E-state index is -3.31. The quantitative estimate of drug-likeness (QED) is 0.754. The van der Waals surface area contributed by atoms with Crippen LogP contribution in [0.1, 0.15) is 5.56 Å². The molecule has 5 nitrogen and oxygen atoms in total. The summed E-state index contributed by atoms with van der Waals surface area (Å²) in [6, 6.07) is 9.14. The molecule has 0 N–H and O–H groups in total. The fourth-order valence-corrected chi connectivity index (χ4v) is 4.05. The third kappa shape index (κ3) is 3.80. The van der Waals surface area contributed by atoms with Gasteiger partial charge in [0.05, 0.1) is 11.1 Å². The summed E-state index contributed by atoms with van der Waals surface area (Å²) in [7, 11) is -3.31. The molecule has 0 saturated carbocycles. The average molecular weight is 361 g/mol. The van der Waals surface area contributed by atoms with E-state index in [9.17, 15) is 13.2 Å². The van der Waals surface area contributed by atoms with E-state index in [2.05, 4.69) is 15.9 Å². The molecule has 0 radical (unpaired) electrons. The SMILES string of the molecule is O=C(CBr)N1CCN(S(=O)(=O)Cc2ccccc2)CC1. The van der Waals surface area contributed by atoms with Crippen LogP contribution in [-0.4, -0.2) is 55.0 Å². The number of hydrogen-bond donors (Lipinski definition) is 0. The number of alkyl halides is 1. The lowest BCUT2D eigenvalue weighted by molar-refractivity contribution is -0.129. The number of nitrogens with zero attached hydrogens (tertiary/aromatic N) is 2. The number of hydrogen-bond acceptors (Lipinski definition) is 3. The van der Waals surface area contributed by atoms with Gasteiger partial charge in [0.2, 0.25) is 15.9 Å². The molecule has 0 bridgehead atoms. The van der Waals surface area contributed by atoms with Crippen LogP contribution in [0.3, 0.4) is 0 Å². The van der Waals surface area contributed by atoms with Crippen LogP contribution in [0.25, 0.3) is 0 Å². The third-order valence-electron chi connectivity index (χ3n) is 3.29. The van der Waals surface area contributed by atoms with Crippen molar-refractivity contribution in [3.05, 3.63) is 35.9 Å². The first-order chi connectivity index (χ1) is 9.53. The molecule has 0 atom stereocenters. The molecule has 1 heterocycles. The van der Waals surface area contributed by atoms with Crippen molar-refractivity contribution in [1.29, 1.82) is 0 Å². The van der Waals surface area contributed by atoms with Crippen molar-refractivity contribution >= 4 is 31.9 Å². The highest BCUT2D eigenvalue weighted by atomic mass is 79.9. The number of benzene rings is 1. The summed E-state index contributed by atoms with van der Waals surface area (Å²) in [5.41, 5.74) is 0.784. The van der Waals surface area contributed by atoms with E-state index in [1.54, 1.807) is 4.90 Å². The first-order valence-electron chi connectivity index (χ1n) is 6.38. The maximum atomic E-state index is 12.3. The second-order valence-electron chi connectivity index (χ2n) is 4.66. The summed E-state index contributed by atoms with van der Waals surface area (Å²) in [5, 5.41) is 0.282. The summed E-state index contributed by atoms with van der Waals surface area (Å²) in [5.74, 6) is 0.0188. The van der Waals surface area contributed by atoms with Crippen molar-refractivity contribution < 1.29 is 13.2 Å². The Kier molecular flexibility index (Phi) is 5.17. The lowest BCUT2D eigenvalue weighted by atomic mass is 10.2. The van der Waals surface area contributed by atoms with Gasteiger partial charge in [-0.05, 0) is 5.56 Å². The second kappa shape index (κ2) is 6.69. The largest absolute Gasteiger partial charge is 0.339 e. The molecule has 0 unspecified atom stereocenters. The summed E-state index contributed by atoms with van der Waals surface area (Å²) in [4.78, 5) is 13.2. The molecule has 1 amide bonds. The Morgan fingerprint density at radius 3 is 2.25 bits per heavy atom. The van der Waals surface area contributed by atoms with Gasteiger partial charge >= 0.3 is 0 Å². The predicted octanol–water partition coefficient (Wildman–Crippen LogP) is 1.06. The Morgan fingerprint density at radius 2 is 1.70 bits per heavy atom. The summed E-state index contributed by atoms with van der Waals surface area (Å²) >= 11 is 3.13. The van der Waals surface area contributed by atoms with Crippen LogP contribution >= 0.6 is 15.9 Å². The number of rotatable bonds is 4. The van der Waals surface area contributed by atoms with E-state index >= 15 is 0 Å². The molecule has 0 aliphatic carbocycles. The van der Waals surface area contributed by atoms with Gasteiger partial charge in [-0.3, -0.25) is 4.79 Å². The van der Waals surface area contributed by atoms with E-state index < -0.39 is 10.0 Å². The van der Waals surface area contributed by atoms with E-state index in [0.717, 1.165) is 5.56 Å². The fourth-order valence-electron chi connectivity index (χ4n) is 2.18. The zero-order valence-electron chi connectivity index (χ0n) is 11.0. The molecule has 2 rings (SSSR count). The number of halogens is 1. The molecule has 7 heteroatoms. The Morgan fingerprint density at radius 1 is 1.10 bits per heavy atom. The van der Waals surface area contributed by atoms with Gasteiger partial charge in [-0.15, -0.1) is 0 Å². The minimum absolute atomic E-state index is 0.00473. The van der Waals surface area contributed by atoms with Crippen molar-refractivity contribution in [2.75, 3.05) is 31.5 Å². The molecule has 1 aromatic carbocycles. The lowest BCUT2D eigenvalue weighted by Crippen LogP contribution is -2.51. The van der Waals surface area contributed by atoms with Crippen molar-refractivity contribution in [2.24, 2.45) is 0 Å². The normalized spacial score (nSPS) is 17.1. The topological polar surface area (TPSA) is 57.7 Å². The van der Waals surface area contributed by atoms with Crippen molar-refractivity contribution in [2.45, 2.75) is 5.75 Å². The van der Waals surface area contributed by atoms with Gasteiger partial charge in [0.1, 0.15) is 0 Å². The van der Waals surface area contributed by atoms with Gasteiger partial charge in [0.15, 0.2) is 0 Å². The maximum Gasteiger partial charge on any atom is 0.233 e. The van der Waals surface area contributed by atoms with Crippen molar-refractivity contribution in [1.82, 2.24) is 9.21 Å². The first kappa shape index (κ1) is 15.5. The van der Waals surface area contributed by atoms with Crippen molar-refractivity contribution in [3.8, 4) is 0 Å². The Balaban J connectivity index is 1.97. The fraction of sp³-hybridized carbons (Fsp3) is 0.462. The highest BCUT2D eigenvalue weighted by Gasteiger charge is 2.28. The summed E-state index contributed by atoms with van der Waals surface area (Å²) in [6.07, 6.45) is 0. The third-order valence-corrected chi connectivity index (χ3v) is 5.62. The van der Waals surface area contributed by atoms with E-state index in [-0.39, 0.29) is 17.0 Å². The van der Waals surface area contributed by atoms with E-state index in [0.29, 0.717) is 26.2 Å². The molecule has 110 valence electrons. The Hall–Kier alpha value is -0.920. The standard InChI is InChI=1S/C13H17BrN2O3S/c14-10-13(17)15-6-8-16(9-7-15)20(18,19)11-12-4-2-1-3-5-12/h1-5H,6-11H2. The second-order valence-corrected chi connectivity index (χ2v) is 7.18. The summed E-state index contributed by atoms with van der Waals surface area (Å²) in [6.45, 7) is 1.65. The lowest BCUT2D eigenvalue weighted by Gasteiger charge is -2.33.